The zero-order valence-corrected chi connectivity index (χ0v) is 12.4. The van der Waals surface area contributed by atoms with Crippen molar-refractivity contribution in [2.75, 3.05) is 5.32 Å². The van der Waals surface area contributed by atoms with Crippen molar-refractivity contribution in [2.24, 2.45) is 5.16 Å². The number of alkyl halides is 3. The Morgan fingerprint density at radius 1 is 1.48 bits per heavy atom. The van der Waals surface area contributed by atoms with Crippen LogP contribution in [0.25, 0.3) is 0 Å². The fourth-order valence-corrected chi connectivity index (χ4v) is 2.59. The summed E-state index contributed by atoms with van der Waals surface area (Å²) in [4.78, 5) is 29.2. The molecule has 23 heavy (non-hydrogen) atoms. The van der Waals surface area contributed by atoms with Crippen LogP contribution in [0, 0.1) is 0 Å². The molecule has 3 rings (SSSR count). The molecular weight excluding hydrogens is 339 g/mol. The van der Waals surface area contributed by atoms with Crippen molar-refractivity contribution in [3.63, 3.8) is 0 Å². The van der Waals surface area contributed by atoms with E-state index in [0.717, 1.165) is 17.8 Å². The summed E-state index contributed by atoms with van der Waals surface area (Å²) < 4.78 is 35.5. The molecule has 2 bridgehead atoms. The average Bonchev–Trinajstić information content (AvgIpc) is 3.15. The Hall–Kier alpha value is -2.17. The van der Waals surface area contributed by atoms with Gasteiger partial charge < -0.3 is 9.94 Å². The van der Waals surface area contributed by atoms with Crippen LogP contribution in [-0.2, 0) is 20.8 Å². The molecule has 2 aliphatic rings. The lowest BCUT2D eigenvalue weighted by Gasteiger charge is -2.04. The van der Waals surface area contributed by atoms with Gasteiger partial charge in [0.05, 0.1) is 17.8 Å². The number of carbonyl (C=O) groups excluding carboxylic acids is 1. The summed E-state index contributed by atoms with van der Waals surface area (Å²) in [6.45, 7) is 0. The van der Waals surface area contributed by atoms with Crippen LogP contribution < -0.4 is 5.32 Å². The van der Waals surface area contributed by atoms with Crippen molar-refractivity contribution in [1.82, 2.24) is 4.98 Å². The first-order chi connectivity index (χ1) is 10.7. The number of fused-ring (bicyclic) bond motifs is 2. The molecule has 11 heteroatoms. The van der Waals surface area contributed by atoms with Gasteiger partial charge in [-0.15, -0.1) is 11.3 Å². The van der Waals surface area contributed by atoms with Crippen molar-refractivity contribution in [3.05, 3.63) is 11.1 Å². The van der Waals surface area contributed by atoms with Gasteiger partial charge in [-0.2, -0.15) is 13.2 Å². The molecule has 0 saturated heterocycles. The molecule has 1 unspecified atom stereocenters. The Morgan fingerprint density at radius 3 is 2.61 bits per heavy atom. The number of thiazole rings is 1. The van der Waals surface area contributed by atoms with E-state index < -0.39 is 24.5 Å². The Balaban J connectivity index is 0.000000223. The molecular formula is C12H12F3N3O4S. The molecule has 2 N–H and O–H groups in total. The van der Waals surface area contributed by atoms with Crippen LogP contribution >= 0.6 is 11.3 Å². The largest absolute Gasteiger partial charge is 0.481 e. The number of amides is 1. The van der Waals surface area contributed by atoms with Gasteiger partial charge in [0.15, 0.2) is 5.13 Å². The first kappa shape index (κ1) is 17.2. The maximum Gasteiger partial charge on any atom is 0.471 e. The van der Waals surface area contributed by atoms with Crippen molar-refractivity contribution in [2.45, 2.75) is 38.0 Å². The first-order valence-electron chi connectivity index (χ1n) is 6.50. The van der Waals surface area contributed by atoms with Crippen LogP contribution in [0.2, 0.25) is 0 Å². The molecule has 1 aliphatic heterocycles. The van der Waals surface area contributed by atoms with Gasteiger partial charge in [0.25, 0.3) is 0 Å². The molecule has 2 heterocycles. The van der Waals surface area contributed by atoms with E-state index in [1.54, 1.807) is 0 Å². The molecule has 126 valence electrons. The van der Waals surface area contributed by atoms with E-state index in [2.05, 4.69) is 10.1 Å². The summed E-state index contributed by atoms with van der Waals surface area (Å²) in [5, 5.41) is 14.7. The van der Waals surface area contributed by atoms with Crippen LogP contribution in [0.15, 0.2) is 10.5 Å². The lowest BCUT2D eigenvalue weighted by atomic mass is 10.3. The van der Waals surface area contributed by atoms with Crippen molar-refractivity contribution in [1.29, 1.82) is 0 Å². The number of carboxylic acid groups (broad SMARTS) is 1. The standard InChI is InChI=1S/C7H5F3N2O3S.C5H7NO/c8-7(9,10)5(15)12-6-11-3(2-16-6)1-4(13)14;1-2-5-3-4(1)6-7-5/h2H,1H2,(H,13,14)(H,11,12,15);5H,1-3H2. The number of oxime groups is 1. The van der Waals surface area contributed by atoms with E-state index in [1.165, 1.54) is 29.3 Å². The second-order valence-electron chi connectivity index (χ2n) is 4.79. The Morgan fingerprint density at radius 2 is 2.22 bits per heavy atom. The zero-order valence-electron chi connectivity index (χ0n) is 11.6. The van der Waals surface area contributed by atoms with E-state index >= 15 is 0 Å². The molecule has 1 atom stereocenters. The molecule has 0 aromatic carbocycles. The minimum absolute atomic E-state index is 0.0926. The Kier molecular flexibility index (Phi) is 5.19. The second kappa shape index (κ2) is 6.94. The highest BCUT2D eigenvalue weighted by Gasteiger charge is 2.39. The number of carboxylic acids is 1. The number of carbonyl (C=O) groups is 2. The monoisotopic (exact) mass is 351 g/mol. The molecule has 1 aliphatic carbocycles. The molecule has 1 aromatic rings. The third kappa shape index (κ3) is 5.20. The number of anilines is 1. The number of aliphatic carboxylic acids is 1. The van der Waals surface area contributed by atoms with Crippen LogP contribution in [0.5, 0.6) is 0 Å². The topological polar surface area (TPSA) is 101 Å². The van der Waals surface area contributed by atoms with Gasteiger partial charge in [-0.25, -0.2) is 4.98 Å². The van der Waals surface area contributed by atoms with E-state index in [-0.39, 0.29) is 10.8 Å². The highest BCUT2D eigenvalue weighted by atomic mass is 32.1. The number of nitrogens with zero attached hydrogens (tertiary/aromatic N) is 2. The van der Waals surface area contributed by atoms with E-state index in [0.29, 0.717) is 6.10 Å². The summed E-state index contributed by atoms with van der Waals surface area (Å²) in [5.74, 6) is -3.29. The lowest BCUT2D eigenvalue weighted by Crippen LogP contribution is -2.29. The smallest absolute Gasteiger partial charge is 0.471 e. The van der Waals surface area contributed by atoms with Gasteiger partial charge >= 0.3 is 18.1 Å². The quantitative estimate of drug-likeness (QED) is 0.869. The van der Waals surface area contributed by atoms with E-state index in [9.17, 15) is 22.8 Å². The summed E-state index contributed by atoms with van der Waals surface area (Å²) in [6, 6.07) is 0. The van der Waals surface area contributed by atoms with Crippen LogP contribution in [0.4, 0.5) is 18.3 Å². The van der Waals surface area contributed by atoms with Crippen molar-refractivity contribution < 1.29 is 32.7 Å². The molecule has 1 fully saturated rings. The van der Waals surface area contributed by atoms with Crippen LogP contribution in [0.3, 0.4) is 0 Å². The summed E-state index contributed by atoms with van der Waals surface area (Å²) >= 11 is 0.730. The molecule has 1 aromatic heterocycles. The van der Waals surface area contributed by atoms with E-state index in [4.69, 9.17) is 9.94 Å². The third-order valence-electron chi connectivity index (χ3n) is 2.91. The summed E-state index contributed by atoms with van der Waals surface area (Å²) in [7, 11) is 0. The summed E-state index contributed by atoms with van der Waals surface area (Å²) in [6.07, 6.45) is -1.42. The number of aromatic nitrogens is 1. The molecule has 0 spiro atoms. The number of halogens is 3. The maximum absolute atomic E-state index is 11.8. The molecule has 1 saturated carbocycles. The maximum atomic E-state index is 11.8. The number of nitrogens with one attached hydrogen (secondary N) is 1. The first-order valence-corrected chi connectivity index (χ1v) is 7.38. The Bertz CT molecular complexity index is 629. The highest BCUT2D eigenvalue weighted by Crippen LogP contribution is 2.25. The fraction of sp³-hybridized carbons (Fsp3) is 0.500. The average molecular weight is 351 g/mol. The second-order valence-corrected chi connectivity index (χ2v) is 5.65. The highest BCUT2D eigenvalue weighted by molar-refractivity contribution is 7.13. The van der Waals surface area contributed by atoms with Crippen LogP contribution in [-0.4, -0.2) is 40.0 Å². The number of hydrogen-bond donors (Lipinski definition) is 2. The van der Waals surface area contributed by atoms with Gasteiger partial charge in [0, 0.05) is 11.8 Å². The predicted molar refractivity (Wildman–Crippen MR) is 74.3 cm³/mol. The van der Waals surface area contributed by atoms with Crippen molar-refractivity contribution in [3.8, 4) is 0 Å². The minimum Gasteiger partial charge on any atom is -0.481 e. The van der Waals surface area contributed by atoms with Gasteiger partial charge in [0.2, 0.25) is 0 Å². The van der Waals surface area contributed by atoms with Crippen LogP contribution in [0.1, 0.15) is 25.0 Å². The van der Waals surface area contributed by atoms with Crippen molar-refractivity contribution >= 4 is 34.1 Å². The number of rotatable bonds is 3. The Labute approximate surface area is 132 Å². The van der Waals surface area contributed by atoms with E-state index in [1.807, 2.05) is 0 Å². The SMILES string of the molecule is C1CC2CC1=NO2.O=C(O)Cc1csc(NC(=O)C(F)(F)F)n1. The molecule has 7 nitrogen and oxygen atoms in total. The van der Waals surface area contributed by atoms with Gasteiger partial charge in [0.1, 0.15) is 6.10 Å². The molecule has 1 amide bonds. The fourth-order valence-electron chi connectivity index (χ4n) is 1.88. The predicted octanol–water partition coefficient (Wildman–Crippen LogP) is 2.20. The minimum atomic E-state index is -4.99. The number of hydrogen-bond acceptors (Lipinski definition) is 6. The van der Waals surface area contributed by atoms with Gasteiger partial charge in [-0.3, -0.25) is 14.9 Å². The normalized spacial score (nSPS) is 18.6. The summed E-state index contributed by atoms with van der Waals surface area (Å²) in [5.41, 5.74) is 1.36. The molecule has 0 radical (unpaired) electrons. The van der Waals surface area contributed by atoms with Gasteiger partial charge in [-0.05, 0) is 12.8 Å². The van der Waals surface area contributed by atoms with Gasteiger partial charge in [-0.1, -0.05) is 5.16 Å². The zero-order chi connectivity index (χ0) is 17.0. The lowest BCUT2D eigenvalue weighted by molar-refractivity contribution is -0.167. The third-order valence-corrected chi connectivity index (χ3v) is 3.72.